The molecule has 2 nitrogen and oxygen atoms in total. The van der Waals surface area contributed by atoms with Gasteiger partial charge in [-0.1, -0.05) is 31.2 Å². The first-order valence-electron chi connectivity index (χ1n) is 3.16. The SMILES string of the molecule is CC1C=CC=CC1S(=O)O. The average molecular weight is 158 g/mol. The normalized spacial score (nSPS) is 34.2. The Morgan fingerprint density at radius 3 is 2.40 bits per heavy atom. The Hall–Kier alpha value is -0.410. The quantitative estimate of drug-likeness (QED) is 0.585. The molecule has 10 heavy (non-hydrogen) atoms. The van der Waals surface area contributed by atoms with Gasteiger partial charge >= 0.3 is 0 Å². The van der Waals surface area contributed by atoms with Crippen molar-refractivity contribution >= 4 is 11.1 Å². The number of allylic oxidation sites excluding steroid dienone is 3. The molecule has 3 heteroatoms. The number of hydrogen-bond acceptors (Lipinski definition) is 1. The molecule has 0 aromatic heterocycles. The molecule has 1 aliphatic rings. The minimum absolute atomic E-state index is 0.177. The van der Waals surface area contributed by atoms with Gasteiger partial charge in [0.2, 0.25) is 0 Å². The summed E-state index contributed by atoms with van der Waals surface area (Å²) in [4.78, 5) is 0. The minimum atomic E-state index is -1.72. The van der Waals surface area contributed by atoms with Crippen LogP contribution in [0.25, 0.3) is 0 Å². The summed E-state index contributed by atoms with van der Waals surface area (Å²) in [6, 6.07) is 0. The monoisotopic (exact) mass is 158 g/mol. The molecule has 0 amide bonds. The lowest BCUT2D eigenvalue weighted by atomic mass is 10.0. The lowest BCUT2D eigenvalue weighted by Crippen LogP contribution is -2.20. The van der Waals surface area contributed by atoms with Crippen LogP contribution in [-0.4, -0.2) is 14.0 Å². The summed E-state index contributed by atoms with van der Waals surface area (Å²) >= 11 is -1.72. The van der Waals surface area contributed by atoms with E-state index in [2.05, 4.69) is 0 Å². The Morgan fingerprint density at radius 1 is 1.40 bits per heavy atom. The number of rotatable bonds is 1. The van der Waals surface area contributed by atoms with Crippen LogP contribution < -0.4 is 0 Å². The molecule has 0 fully saturated rings. The second kappa shape index (κ2) is 3.12. The third-order valence-corrected chi connectivity index (χ3v) is 2.63. The predicted molar refractivity (Wildman–Crippen MR) is 42.0 cm³/mol. The summed E-state index contributed by atoms with van der Waals surface area (Å²) in [6.07, 6.45) is 7.40. The first-order chi connectivity index (χ1) is 4.72. The summed E-state index contributed by atoms with van der Waals surface area (Å²) < 4.78 is 19.3. The second-order valence-electron chi connectivity index (χ2n) is 2.37. The zero-order valence-electron chi connectivity index (χ0n) is 5.73. The maximum Gasteiger partial charge on any atom is 0.160 e. The van der Waals surface area contributed by atoms with E-state index in [1.807, 2.05) is 19.1 Å². The van der Waals surface area contributed by atoms with Crippen LogP contribution >= 0.6 is 0 Å². The van der Waals surface area contributed by atoms with Gasteiger partial charge in [0, 0.05) is 0 Å². The fraction of sp³-hybridized carbons (Fsp3) is 0.429. The summed E-state index contributed by atoms with van der Waals surface area (Å²) in [5.41, 5.74) is 0. The third kappa shape index (κ3) is 1.55. The Morgan fingerprint density at radius 2 is 2.00 bits per heavy atom. The molecule has 0 aromatic rings. The van der Waals surface area contributed by atoms with E-state index in [1.165, 1.54) is 0 Å². The fourth-order valence-electron chi connectivity index (χ4n) is 0.949. The summed E-state index contributed by atoms with van der Waals surface area (Å²) in [5, 5.41) is -0.218. The van der Waals surface area contributed by atoms with Crippen LogP contribution in [-0.2, 0) is 11.1 Å². The first-order valence-corrected chi connectivity index (χ1v) is 4.33. The highest BCUT2D eigenvalue weighted by Gasteiger charge is 2.18. The molecular formula is C7H10O2S. The van der Waals surface area contributed by atoms with E-state index in [0.29, 0.717) is 0 Å². The van der Waals surface area contributed by atoms with E-state index in [-0.39, 0.29) is 11.2 Å². The minimum Gasteiger partial charge on any atom is -0.306 e. The van der Waals surface area contributed by atoms with Crippen molar-refractivity contribution in [2.24, 2.45) is 5.92 Å². The Kier molecular flexibility index (Phi) is 2.40. The van der Waals surface area contributed by atoms with Gasteiger partial charge < -0.3 is 4.55 Å². The van der Waals surface area contributed by atoms with Crippen LogP contribution in [0.2, 0.25) is 0 Å². The summed E-state index contributed by atoms with van der Waals surface area (Å²) in [6.45, 7) is 1.93. The van der Waals surface area contributed by atoms with Gasteiger partial charge in [-0.15, -0.1) is 0 Å². The Balaban J connectivity index is 2.70. The molecular weight excluding hydrogens is 148 g/mol. The second-order valence-corrected chi connectivity index (χ2v) is 3.47. The van der Waals surface area contributed by atoms with Crippen molar-refractivity contribution in [2.45, 2.75) is 12.2 Å². The molecule has 1 aliphatic carbocycles. The van der Waals surface area contributed by atoms with E-state index >= 15 is 0 Å². The fourth-order valence-corrected chi connectivity index (χ4v) is 1.63. The van der Waals surface area contributed by atoms with Crippen LogP contribution in [0.5, 0.6) is 0 Å². The van der Waals surface area contributed by atoms with Crippen molar-refractivity contribution in [1.82, 2.24) is 0 Å². The molecule has 0 saturated carbocycles. The standard InChI is InChI=1S/C7H10O2S/c1-6-4-2-3-5-7(6)10(8)9/h2-7H,1H3,(H,8,9). The van der Waals surface area contributed by atoms with Gasteiger partial charge in [0.05, 0.1) is 5.25 Å². The van der Waals surface area contributed by atoms with Crippen molar-refractivity contribution in [3.05, 3.63) is 24.3 Å². The average Bonchev–Trinajstić information content (AvgIpc) is 1.88. The molecule has 0 heterocycles. The van der Waals surface area contributed by atoms with Gasteiger partial charge in [0.1, 0.15) is 0 Å². The third-order valence-electron chi connectivity index (χ3n) is 1.58. The molecule has 0 saturated heterocycles. The molecule has 0 aromatic carbocycles. The van der Waals surface area contributed by atoms with Crippen molar-refractivity contribution < 1.29 is 8.76 Å². The smallest absolute Gasteiger partial charge is 0.160 e. The summed E-state index contributed by atoms with van der Waals surface area (Å²) in [7, 11) is 0. The predicted octanol–water partition coefficient (Wildman–Crippen LogP) is 1.34. The molecule has 0 aliphatic heterocycles. The lowest BCUT2D eigenvalue weighted by molar-refractivity contribution is 0.541. The summed E-state index contributed by atoms with van der Waals surface area (Å²) in [5.74, 6) is 0.177. The zero-order chi connectivity index (χ0) is 7.56. The van der Waals surface area contributed by atoms with E-state index in [9.17, 15) is 4.21 Å². The molecule has 0 bridgehead atoms. The van der Waals surface area contributed by atoms with E-state index in [1.54, 1.807) is 12.2 Å². The lowest BCUT2D eigenvalue weighted by Gasteiger charge is -2.15. The van der Waals surface area contributed by atoms with E-state index in [0.717, 1.165) is 0 Å². The molecule has 3 unspecified atom stereocenters. The van der Waals surface area contributed by atoms with Crippen LogP contribution in [0.15, 0.2) is 24.3 Å². The van der Waals surface area contributed by atoms with Crippen LogP contribution in [0.4, 0.5) is 0 Å². The largest absolute Gasteiger partial charge is 0.306 e. The highest BCUT2D eigenvalue weighted by molar-refractivity contribution is 7.80. The van der Waals surface area contributed by atoms with Gasteiger partial charge in [-0.3, -0.25) is 0 Å². The first kappa shape index (κ1) is 7.69. The van der Waals surface area contributed by atoms with Crippen molar-refractivity contribution in [1.29, 1.82) is 0 Å². The van der Waals surface area contributed by atoms with Gasteiger partial charge in [0.15, 0.2) is 11.1 Å². The van der Waals surface area contributed by atoms with Crippen molar-refractivity contribution in [3.63, 3.8) is 0 Å². The van der Waals surface area contributed by atoms with Gasteiger partial charge in [-0.05, 0) is 5.92 Å². The van der Waals surface area contributed by atoms with Crippen molar-refractivity contribution in [2.75, 3.05) is 0 Å². The van der Waals surface area contributed by atoms with Gasteiger partial charge in [0.25, 0.3) is 0 Å². The molecule has 0 radical (unpaired) electrons. The number of hydrogen-bond donors (Lipinski definition) is 1. The van der Waals surface area contributed by atoms with Crippen LogP contribution in [0.1, 0.15) is 6.92 Å². The molecule has 56 valence electrons. The maximum absolute atomic E-state index is 10.6. The highest BCUT2D eigenvalue weighted by Crippen LogP contribution is 2.15. The van der Waals surface area contributed by atoms with Crippen molar-refractivity contribution in [3.8, 4) is 0 Å². The van der Waals surface area contributed by atoms with Gasteiger partial charge in [-0.2, -0.15) is 0 Å². The highest BCUT2D eigenvalue weighted by atomic mass is 32.2. The molecule has 3 atom stereocenters. The molecule has 1 rings (SSSR count). The van der Waals surface area contributed by atoms with Crippen LogP contribution in [0.3, 0.4) is 0 Å². The van der Waals surface area contributed by atoms with E-state index < -0.39 is 11.1 Å². The topological polar surface area (TPSA) is 37.3 Å². The van der Waals surface area contributed by atoms with E-state index in [4.69, 9.17) is 4.55 Å². The van der Waals surface area contributed by atoms with Gasteiger partial charge in [-0.25, -0.2) is 4.21 Å². The molecule has 0 spiro atoms. The Labute approximate surface area is 62.9 Å². The molecule has 1 N–H and O–H groups in total. The Bertz CT molecular complexity index is 196. The van der Waals surface area contributed by atoms with Crippen LogP contribution in [0, 0.1) is 5.92 Å². The zero-order valence-corrected chi connectivity index (χ0v) is 6.54. The maximum atomic E-state index is 10.6.